The number of hydrogen-bond donors (Lipinski definition) is 0. The standard InChI is InChI=1S/C22H23ClN6OS/c1-27-19-8-7-17(23)13-18(19)24-20(27)15-31-22-26-25-21(28-9-11-30-12-10-28)29(22)14-16-5-3-2-4-6-16/h2-8,13H,9-12,14-15H2,1H3. The third-order valence-electron chi connectivity index (χ3n) is 5.44. The van der Waals surface area contributed by atoms with Gasteiger partial charge in [-0.15, -0.1) is 10.2 Å². The van der Waals surface area contributed by atoms with Gasteiger partial charge in [0.25, 0.3) is 0 Å². The molecule has 5 rings (SSSR count). The number of morpholine rings is 1. The topological polar surface area (TPSA) is 61.0 Å². The van der Waals surface area contributed by atoms with Crippen molar-refractivity contribution in [2.24, 2.45) is 7.05 Å². The number of aromatic nitrogens is 5. The summed E-state index contributed by atoms with van der Waals surface area (Å²) in [5.41, 5.74) is 3.20. The van der Waals surface area contributed by atoms with Gasteiger partial charge in [0, 0.05) is 25.2 Å². The van der Waals surface area contributed by atoms with E-state index in [-0.39, 0.29) is 0 Å². The lowest BCUT2D eigenvalue weighted by atomic mass is 10.2. The highest BCUT2D eigenvalue weighted by molar-refractivity contribution is 7.98. The smallest absolute Gasteiger partial charge is 0.228 e. The molecule has 7 nitrogen and oxygen atoms in total. The number of halogens is 1. The Bertz CT molecular complexity index is 1190. The molecule has 0 spiro atoms. The fourth-order valence-electron chi connectivity index (χ4n) is 3.77. The molecule has 1 saturated heterocycles. The summed E-state index contributed by atoms with van der Waals surface area (Å²) in [4.78, 5) is 7.02. The van der Waals surface area contributed by atoms with Crippen LogP contribution in [0.1, 0.15) is 11.4 Å². The maximum atomic E-state index is 6.14. The summed E-state index contributed by atoms with van der Waals surface area (Å²) in [6.07, 6.45) is 0. The van der Waals surface area contributed by atoms with Crippen molar-refractivity contribution in [3.05, 3.63) is 64.9 Å². The summed E-state index contributed by atoms with van der Waals surface area (Å²) >= 11 is 7.79. The Morgan fingerprint density at radius 2 is 1.87 bits per heavy atom. The summed E-state index contributed by atoms with van der Waals surface area (Å²) in [5, 5.41) is 10.7. The van der Waals surface area contributed by atoms with Gasteiger partial charge in [0.05, 0.1) is 36.5 Å². The Labute approximate surface area is 190 Å². The molecule has 0 aliphatic carbocycles. The molecule has 0 amide bonds. The van der Waals surface area contributed by atoms with Crippen LogP contribution < -0.4 is 4.90 Å². The molecule has 0 radical (unpaired) electrons. The van der Waals surface area contributed by atoms with Gasteiger partial charge < -0.3 is 14.2 Å². The molecule has 9 heteroatoms. The number of fused-ring (bicyclic) bond motifs is 1. The molecule has 2 aromatic heterocycles. The lowest BCUT2D eigenvalue weighted by Gasteiger charge is -2.28. The van der Waals surface area contributed by atoms with Crippen molar-refractivity contribution in [3.63, 3.8) is 0 Å². The van der Waals surface area contributed by atoms with E-state index in [1.807, 2.05) is 31.3 Å². The van der Waals surface area contributed by atoms with Gasteiger partial charge in [-0.2, -0.15) is 0 Å². The average Bonchev–Trinajstić information content (AvgIpc) is 3.33. The Kier molecular flexibility index (Phi) is 5.85. The molecule has 0 saturated carbocycles. The molecule has 2 aromatic carbocycles. The van der Waals surface area contributed by atoms with Crippen molar-refractivity contribution in [1.82, 2.24) is 24.3 Å². The summed E-state index contributed by atoms with van der Waals surface area (Å²) in [5.74, 6) is 2.56. The summed E-state index contributed by atoms with van der Waals surface area (Å²) in [6.45, 7) is 3.79. The molecular weight excluding hydrogens is 432 g/mol. The third kappa shape index (κ3) is 4.28. The number of thioether (sulfide) groups is 1. The molecule has 0 unspecified atom stereocenters. The maximum absolute atomic E-state index is 6.14. The van der Waals surface area contributed by atoms with Crippen LogP contribution in [0.25, 0.3) is 11.0 Å². The van der Waals surface area contributed by atoms with Gasteiger partial charge in [-0.1, -0.05) is 53.7 Å². The zero-order valence-electron chi connectivity index (χ0n) is 17.2. The quantitative estimate of drug-likeness (QED) is 0.410. The number of anilines is 1. The second-order valence-corrected chi connectivity index (χ2v) is 8.84. The maximum Gasteiger partial charge on any atom is 0.228 e. The Morgan fingerprint density at radius 3 is 2.68 bits per heavy atom. The first-order chi connectivity index (χ1) is 15.2. The Balaban J connectivity index is 1.43. The van der Waals surface area contributed by atoms with Crippen LogP contribution in [0.15, 0.2) is 53.7 Å². The highest BCUT2D eigenvalue weighted by Crippen LogP contribution is 2.28. The van der Waals surface area contributed by atoms with E-state index < -0.39 is 0 Å². The first-order valence-corrected chi connectivity index (χ1v) is 11.6. The van der Waals surface area contributed by atoms with Gasteiger partial charge in [-0.3, -0.25) is 4.57 Å². The first kappa shape index (κ1) is 20.4. The van der Waals surface area contributed by atoms with Crippen molar-refractivity contribution >= 4 is 40.3 Å². The second kappa shape index (κ2) is 8.90. The number of rotatable bonds is 6. The fourth-order valence-corrected chi connectivity index (χ4v) is 4.85. The van der Waals surface area contributed by atoms with E-state index in [0.29, 0.717) is 24.0 Å². The van der Waals surface area contributed by atoms with Crippen molar-refractivity contribution in [3.8, 4) is 0 Å². The van der Waals surface area contributed by atoms with Gasteiger partial charge in [0.2, 0.25) is 5.95 Å². The number of aryl methyl sites for hydroxylation is 1. The van der Waals surface area contributed by atoms with Crippen LogP contribution >= 0.6 is 23.4 Å². The molecule has 31 heavy (non-hydrogen) atoms. The van der Waals surface area contributed by atoms with E-state index in [9.17, 15) is 0 Å². The van der Waals surface area contributed by atoms with E-state index in [0.717, 1.165) is 47.6 Å². The number of nitrogens with zero attached hydrogens (tertiary/aromatic N) is 6. The number of hydrogen-bond acceptors (Lipinski definition) is 6. The zero-order chi connectivity index (χ0) is 21.2. The van der Waals surface area contributed by atoms with Crippen LogP contribution in [0.5, 0.6) is 0 Å². The normalized spacial score (nSPS) is 14.5. The molecule has 0 N–H and O–H groups in total. The number of benzene rings is 2. The van der Waals surface area contributed by atoms with Gasteiger partial charge in [0.1, 0.15) is 5.82 Å². The van der Waals surface area contributed by atoms with E-state index in [1.165, 1.54) is 5.56 Å². The fraction of sp³-hybridized carbons (Fsp3) is 0.318. The SMILES string of the molecule is Cn1c(CSc2nnc(N3CCOCC3)n2Cc2ccccc2)nc2cc(Cl)ccc21. The van der Waals surface area contributed by atoms with E-state index >= 15 is 0 Å². The lowest BCUT2D eigenvalue weighted by Crippen LogP contribution is -2.38. The minimum absolute atomic E-state index is 0.693. The zero-order valence-corrected chi connectivity index (χ0v) is 18.8. The Morgan fingerprint density at radius 1 is 1.06 bits per heavy atom. The highest BCUT2D eigenvalue weighted by Gasteiger charge is 2.21. The Hall–Kier alpha value is -2.55. The predicted molar refractivity (Wildman–Crippen MR) is 124 cm³/mol. The van der Waals surface area contributed by atoms with Crippen LogP contribution in [0.4, 0.5) is 5.95 Å². The molecular formula is C22H23ClN6OS. The van der Waals surface area contributed by atoms with Gasteiger partial charge in [-0.25, -0.2) is 4.98 Å². The largest absolute Gasteiger partial charge is 0.378 e. The number of ether oxygens (including phenoxy) is 1. The molecule has 0 atom stereocenters. The van der Waals surface area contributed by atoms with Crippen molar-refractivity contribution in [2.75, 3.05) is 31.2 Å². The van der Waals surface area contributed by atoms with E-state index in [2.05, 4.69) is 48.5 Å². The lowest BCUT2D eigenvalue weighted by molar-refractivity contribution is 0.121. The average molecular weight is 455 g/mol. The minimum atomic E-state index is 0.693. The van der Waals surface area contributed by atoms with Crippen LogP contribution in [-0.4, -0.2) is 50.6 Å². The molecule has 1 fully saturated rings. The van der Waals surface area contributed by atoms with E-state index in [4.69, 9.17) is 21.3 Å². The van der Waals surface area contributed by atoms with Crippen LogP contribution in [0.2, 0.25) is 5.02 Å². The monoisotopic (exact) mass is 454 g/mol. The summed E-state index contributed by atoms with van der Waals surface area (Å²) in [6, 6.07) is 16.2. The highest BCUT2D eigenvalue weighted by atomic mass is 35.5. The molecule has 1 aliphatic rings. The second-order valence-electron chi connectivity index (χ2n) is 7.46. The first-order valence-electron chi connectivity index (χ1n) is 10.2. The van der Waals surface area contributed by atoms with Gasteiger partial charge in [-0.05, 0) is 23.8 Å². The van der Waals surface area contributed by atoms with Crippen molar-refractivity contribution < 1.29 is 4.74 Å². The predicted octanol–water partition coefficient (Wildman–Crippen LogP) is 4.00. The van der Waals surface area contributed by atoms with Crippen molar-refractivity contribution in [2.45, 2.75) is 17.5 Å². The minimum Gasteiger partial charge on any atom is -0.378 e. The van der Waals surface area contributed by atoms with E-state index in [1.54, 1.807) is 11.8 Å². The van der Waals surface area contributed by atoms with Crippen molar-refractivity contribution in [1.29, 1.82) is 0 Å². The third-order valence-corrected chi connectivity index (χ3v) is 6.64. The number of imidazole rings is 1. The molecule has 0 bridgehead atoms. The van der Waals surface area contributed by atoms with Gasteiger partial charge in [0.15, 0.2) is 5.16 Å². The van der Waals surface area contributed by atoms with Crippen LogP contribution in [-0.2, 0) is 24.1 Å². The van der Waals surface area contributed by atoms with Crippen LogP contribution in [0.3, 0.4) is 0 Å². The summed E-state index contributed by atoms with van der Waals surface area (Å²) < 4.78 is 9.83. The molecule has 160 valence electrons. The molecule has 1 aliphatic heterocycles. The molecule has 4 aromatic rings. The van der Waals surface area contributed by atoms with Crippen LogP contribution in [0, 0.1) is 0 Å². The van der Waals surface area contributed by atoms with Gasteiger partial charge >= 0.3 is 0 Å². The summed E-state index contributed by atoms with van der Waals surface area (Å²) in [7, 11) is 2.03. The molecule has 3 heterocycles.